The number of aliphatic carboxylic acids is 1. The Labute approximate surface area is 139 Å². The number of nitrogens with one attached hydrogen (secondary N) is 1. The quantitative estimate of drug-likeness (QED) is 0.385. The number of thioether (sulfide) groups is 1. The molecule has 0 aromatic rings. The van der Waals surface area contributed by atoms with E-state index in [-0.39, 0.29) is 23.9 Å². The van der Waals surface area contributed by atoms with E-state index in [4.69, 9.17) is 4.74 Å². The third kappa shape index (κ3) is 3.87. The van der Waals surface area contributed by atoms with Gasteiger partial charge in [0.25, 0.3) is 0 Å². The number of β-lactam (4-membered cyclic amide) rings is 1. The first-order chi connectivity index (χ1) is 11.0. The third-order valence-electron chi connectivity index (χ3n) is 3.89. The molecule has 128 valence electrons. The number of carbonyl (C=O) groups is 3. The zero-order valence-electron chi connectivity index (χ0n) is 13.3. The van der Waals surface area contributed by atoms with Gasteiger partial charge in [0.2, 0.25) is 5.91 Å². The predicted molar refractivity (Wildman–Crippen MR) is 85.7 cm³/mol. The number of amides is 1. The normalized spacial score (nSPS) is 26.2. The smallest absolute Gasteiger partial charge is 0.330 e. The highest BCUT2D eigenvalue weighted by Gasteiger charge is 2.55. The van der Waals surface area contributed by atoms with Gasteiger partial charge in [0.05, 0.1) is 0 Å². The van der Waals surface area contributed by atoms with E-state index in [0.717, 1.165) is 25.8 Å². The average molecular weight is 342 g/mol. The number of nitrogens with zero attached hydrogens (tertiary/aromatic N) is 1. The molecule has 2 heterocycles. The number of fused-ring (bicyclic) bond motifs is 1. The standard InChI is InChI=1S/C15H22N2O5S/c1-3-4-5-6-16-11-13(19)17-12(15(20)21)10(7-22-9(2)18)8-23-14(11)17/h8,11-12,14,16H,3-7H2,1-2H3,(H,20,21)/t11?,12?,14-/m0/s1. The highest BCUT2D eigenvalue weighted by molar-refractivity contribution is 8.02. The van der Waals surface area contributed by atoms with Crippen LogP contribution in [0.25, 0.3) is 0 Å². The average Bonchev–Trinajstić information content (AvgIpc) is 2.51. The maximum atomic E-state index is 12.3. The number of carboxylic acids is 1. The summed E-state index contributed by atoms with van der Waals surface area (Å²) in [4.78, 5) is 36.1. The van der Waals surface area contributed by atoms with Crippen molar-refractivity contribution >= 4 is 29.6 Å². The van der Waals surface area contributed by atoms with Crippen molar-refractivity contribution < 1.29 is 24.2 Å². The van der Waals surface area contributed by atoms with Gasteiger partial charge in [-0.25, -0.2) is 4.79 Å². The molecule has 0 spiro atoms. The van der Waals surface area contributed by atoms with Crippen LogP contribution in [-0.2, 0) is 19.1 Å². The Bertz CT molecular complexity index is 522. The Morgan fingerprint density at radius 1 is 1.43 bits per heavy atom. The third-order valence-corrected chi connectivity index (χ3v) is 5.11. The molecule has 3 atom stereocenters. The van der Waals surface area contributed by atoms with E-state index in [1.165, 1.54) is 23.6 Å². The summed E-state index contributed by atoms with van der Waals surface area (Å²) in [7, 11) is 0. The molecular formula is C15H22N2O5S. The molecule has 23 heavy (non-hydrogen) atoms. The highest BCUT2D eigenvalue weighted by Crippen LogP contribution is 2.40. The van der Waals surface area contributed by atoms with E-state index in [0.29, 0.717) is 5.57 Å². The maximum Gasteiger partial charge on any atom is 0.330 e. The molecule has 0 aromatic carbocycles. The molecule has 7 nitrogen and oxygen atoms in total. The van der Waals surface area contributed by atoms with Crippen LogP contribution >= 0.6 is 11.8 Å². The van der Waals surface area contributed by atoms with E-state index in [2.05, 4.69) is 12.2 Å². The maximum absolute atomic E-state index is 12.3. The molecule has 0 radical (unpaired) electrons. The second-order valence-corrected chi connectivity index (χ2v) is 6.62. The molecule has 1 amide bonds. The number of carbonyl (C=O) groups excluding carboxylic acids is 2. The summed E-state index contributed by atoms with van der Waals surface area (Å²) < 4.78 is 4.89. The van der Waals surface area contributed by atoms with Gasteiger partial charge in [-0.15, -0.1) is 11.8 Å². The molecule has 2 aliphatic rings. The van der Waals surface area contributed by atoms with Gasteiger partial charge in [0.1, 0.15) is 18.0 Å². The van der Waals surface area contributed by atoms with Crippen molar-refractivity contribution in [2.24, 2.45) is 0 Å². The predicted octanol–water partition coefficient (Wildman–Crippen LogP) is 0.950. The molecule has 2 aliphatic heterocycles. The van der Waals surface area contributed by atoms with E-state index in [9.17, 15) is 19.5 Å². The van der Waals surface area contributed by atoms with Crippen LogP contribution in [0.5, 0.6) is 0 Å². The van der Waals surface area contributed by atoms with Crippen LogP contribution in [0.4, 0.5) is 0 Å². The fourth-order valence-corrected chi connectivity index (χ4v) is 3.94. The fourth-order valence-electron chi connectivity index (χ4n) is 2.70. The van der Waals surface area contributed by atoms with Gasteiger partial charge in [0, 0.05) is 12.5 Å². The SMILES string of the molecule is CCCCCNC1C(=O)N2C(C(=O)O)C(COC(C)=O)=CS[C@@H]12. The molecule has 2 rings (SSSR count). The first-order valence-corrected chi connectivity index (χ1v) is 8.67. The second kappa shape index (κ2) is 7.83. The lowest BCUT2D eigenvalue weighted by Gasteiger charge is -2.51. The van der Waals surface area contributed by atoms with Gasteiger partial charge in [0.15, 0.2) is 6.04 Å². The van der Waals surface area contributed by atoms with Crippen LogP contribution < -0.4 is 5.32 Å². The minimum absolute atomic E-state index is 0.107. The van der Waals surface area contributed by atoms with Crippen molar-refractivity contribution in [2.75, 3.05) is 13.2 Å². The van der Waals surface area contributed by atoms with E-state index in [1.807, 2.05) is 0 Å². The Morgan fingerprint density at radius 2 is 2.17 bits per heavy atom. The Kier molecular flexibility index (Phi) is 6.06. The molecule has 1 fully saturated rings. The van der Waals surface area contributed by atoms with Crippen molar-refractivity contribution in [1.29, 1.82) is 0 Å². The van der Waals surface area contributed by atoms with Gasteiger partial charge in [-0.2, -0.15) is 0 Å². The summed E-state index contributed by atoms with van der Waals surface area (Å²) in [6, 6.07) is -1.40. The molecule has 2 unspecified atom stereocenters. The summed E-state index contributed by atoms with van der Waals surface area (Å²) in [5.41, 5.74) is 0.423. The van der Waals surface area contributed by atoms with E-state index >= 15 is 0 Å². The number of rotatable bonds is 8. The van der Waals surface area contributed by atoms with Crippen molar-refractivity contribution in [3.05, 3.63) is 11.0 Å². The minimum atomic E-state index is -1.11. The molecule has 8 heteroatoms. The molecule has 0 aromatic heterocycles. The largest absolute Gasteiger partial charge is 0.479 e. The van der Waals surface area contributed by atoms with Crippen molar-refractivity contribution in [3.63, 3.8) is 0 Å². The van der Waals surface area contributed by atoms with Crippen LogP contribution in [0.1, 0.15) is 33.1 Å². The van der Waals surface area contributed by atoms with Crippen LogP contribution in [0.3, 0.4) is 0 Å². The van der Waals surface area contributed by atoms with Crippen molar-refractivity contribution in [3.8, 4) is 0 Å². The molecular weight excluding hydrogens is 320 g/mol. The molecule has 0 saturated carbocycles. The number of hydrogen-bond donors (Lipinski definition) is 2. The van der Waals surface area contributed by atoms with E-state index in [1.54, 1.807) is 5.41 Å². The summed E-state index contributed by atoms with van der Waals surface area (Å²) >= 11 is 1.40. The summed E-state index contributed by atoms with van der Waals surface area (Å²) in [5.74, 6) is -1.79. The number of esters is 1. The molecule has 0 bridgehead atoms. The zero-order chi connectivity index (χ0) is 17.0. The lowest BCUT2D eigenvalue weighted by atomic mass is 9.98. The Hall–Kier alpha value is -1.54. The first-order valence-electron chi connectivity index (χ1n) is 7.73. The molecule has 2 N–H and O–H groups in total. The molecule has 0 aliphatic carbocycles. The van der Waals surface area contributed by atoms with Gasteiger partial charge >= 0.3 is 11.9 Å². The Morgan fingerprint density at radius 3 is 2.78 bits per heavy atom. The van der Waals surface area contributed by atoms with Crippen molar-refractivity contribution in [1.82, 2.24) is 10.2 Å². The van der Waals surface area contributed by atoms with Crippen LogP contribution in [-0.4, -0.2) is 58.5 Å². The number of hydrogen-bond acceptors (Lipinski definition) is 6. The monoisotopic (exact) mass is 342 g/mol. The first kappa shape index (κ1) is 17.8. The summed E-state index contributed by atoms with van der Waals surface area (Å²) in [5, 5.41) is 14.1. The fraction of sp³-hybridized carbons (Fsp3) is 0.667. The van der Waals surface area contributed by atoms with Gasteiger partial charge < -0.3 is 20.1 Å². The second-order valence-electron chi connectivity index (χ2n) is 5.62. The van der Waals surface area contributed by atoms with E-state index < -0.39 is 18.0 Å². The summed E-state index contributed by atoms with van der Waals surface area (Å²) in [6.07, 6.45) is 3.20. The van der Waals surface area contributed by atoms with Gasteiger partial charge in [-0.3, -0.25) is 9.59 Å². The lowest BCUT2D eigenvalue weighted by Crippen LogP contribution is -2.73. The Balaban J connectivity index is 2.01. The number of ether oxygens (including phenoxy) is 1. The zero-order valence-corrected chi connectivity index (χ0v) is 14.1. The van der Waals surface area contributed by atoms with Gasteiger partial charge in [-0.05, 0) is 18.4 Å². The van der Waals surface area contributed by atoms with Crippen LogP contribution in [0.2, 0.25) is 0 Å². The highest BCUT2D eigenvalue weighted by atomic mass is 32.2. The number of carboxylic acid groups (broad SMARTS) is 1. The van der Waals surface area contributed by atoms with Crippen molar-refractivity contribution in [2.45, 2.75) is 50.6 Å². The molecule has 1 saturated heterocycles. The van der Waals surface area contributed by atoms with Gasteiger partial charge in [-0.1, -0.05) is 19.8 Å². The minimum Gasteiger partial charge on any atom is -0.479 e. The topological polar surface area (TPSA) is 95.9 Å². The summed E-state index contributed by atoms with van der Waals surface area (Å²) in [6.45, 7) is 4.02. The van der Waals surface area contributed by atoms with Crippen LogP contribution in [0.15, 0.2) is 11.0 Å². The van der Waals surface area contributed by atoms with Crippen LogP contribution in [0, 0.1) is 0 Å². The lowest BCUT2D eigenvalue weighted by molar-refractivity contribution is -0.159. The number of unbranched alkanes of at least 4 members (excludes halogenated alkanes) is 2.